The van der Waals surface area contributed by atoms with Crippen LogP contribution in [0.5, 0.6) is 0 Å². The van der Waals surface area contributed by atoms with E-state index < -0.39 is 0 Å². The lowest BCUT2D eigenvalue weighted by atomic mass is 10.1. The molecule has 1 aliphatic heterocycles. The molecular weight excluding hydrogens is 377 g/mol. The van der Waals surface area contributed by atoms with Gasteiger partial charge in [0.1, 0.15) is 5.82 Å². The number of amides is 1. The summed E-state index contributed by atoms with van der Waals surface area (Å²) >= 11 is 1.33. The van der Waals surface area contributed by atoms with Gasteiger partial charge >= 0.3 is 0 Å². The number of hydrogen-bond acceptors (Lipinski definition) is 6. The summed E-state index contributed by atoms with van der Waals surface area (Å²) in [5, 5.41) is 3.23. The van der Waals surface area contributed by atoms with Crippen molar-refractivity contribution in [3.63, 3.8) is 0 Å². The molecule has 0 atom stereocenters. The molecule has 1 N–H and O–H groups in total. The molecule has 3 aromatic rings. The first kappa shape index (κ1) is 18.5. The van der Waals surface area contributed by atoms with E-state index >= 15 is 0 Å². The molecule has 3 heterocycles. The molecule has 144 valence electrons. The molecule has 1 saturated heterocycles. The summed E-state index contributed by atoms with van der Waals surface area (Å²) in [6.07, 6.45) is 8.70. The van der Waals surface area contributed by atoms with E-state index in [0.717, 1.165) is 30.8 Å². The molecule has 0 bridgehead atoms. The Bertz CT molecular complexity index is 953. The number of hydrogen-bond donors (Lipinski definition) is 1. The third-order valence-electron chi connectivity index (χ3n) is 4.64. The fourth-order valence-corrected chi connectivity index (χ4v) is 3.97. The standard InChI is InChI=1S/C20H20FN5OS/c21-17-7-3-2-6-14(17)10-16-13-24-20(28-16)25-18(27)15-11-22-19(23-12-15)26-8-4-1-5-9-26/h2-3,6-7,11-13H,1,4-5,8-10H2,(H,24,25,27). The van der Waals surface area contributed by atoms with Gasteiger partial charge in [0.05, 0.1) is 5.56 Å². The van der Waals surface area contributed by atoms with Crippen LogP contribution >= 0.6 is 11.3 Å². The summed E-state index contributed by atoms with van der Waals surface area (Å²) in [5.74, 6) is 0.113. The highest BCUT2D eigenvalue weighted by molar-refractivity contribution is 7.15. The minimum Gasteiger partial charge on any atom is -0.341 e. The first-order valence-corrected chi connectivity index (χ1v) is 10.1. The van der Waals surface area contributed by atoms with Crippen molar-refractivity contribution in [2.45, 2.75) is 25.7 Å². The lowest BCUT2D eigenvalue weighted by Gasteiger charge is -2.26. The maximum Gasteiger partial charge on any atom is 0.260 e. The Morgan fingerprint density at radius 2 is 1.82 bits per heavy atom. The van der Waals surface area contributed by atoms with E-state index in [2.05, 4.69) is 25.2 Å². The molecule has 0 saturated carbocycles. The lowest BCUT2D eigenvalue weighted by molar-refractivity contribution is 0.102. The SMILES string of the molecule is O=C(Nc1ncc(Cc2ccccc2F)s1)c1cnc(N2CCCCC2)nc1. The maximum atomic E-state index is 13.8. The molecule has 2 aromatic heterocycles. The van der Waals surface area contributed by atoms with Crippen molar-refractivity contribution < 1.29 is 9.18 Å². The Labute approximate surface area is 166 Å². The number of rotatable bonds is 5. The zero-order valence-electron chi connectivity index (χ0n) is 15.3. The van der Waals surface area contributed by atoms with Crippen LogP contribution in [0.15, 0.2) is 42.9 Å². The third-order valence-corrected chi connectivity index (χ3v) is 5.55. The smallest absolute Gasteiger partial charge is 0.260 e. The molecule has 0 spiro atoms. The van der Waals surface area contributed by atoms with Crippen molar-refractivity contribution in [3.05, 3.63) is 64.7 Å². The van der Waals surface area contributed by atoms with Gasteiger partial charge in [-0.1, -0.05) is 18.2 Å². The van der Waals surface area contributed by atoms with Crippen LogP contribution in [0.2, 0.25) is 0 Å². The Morgan fingerprint density at radius 1 is 1.07 bits per heavy atom. The quantitative estimate of drug-likeness (QED) is 0.707. The summed E-state index contributed by atoms with van der Waals surface area (Å²) in [4.78, 5) is 28.3. The van der Waals surface area contributed by atoms with Crippen LogP contribution in [-0.4, -0.2) is 33.9 Å². The fourth-order valence-electron chi connectivity index (χ4n) is 3.14. The number of nitrogens with zero attached hydrogens (tertiary/aromatic N) is 4. The van der Waals surface area contributed by atoms with Gasteiger partial charge in [-0.2, -0.15) is 0 Å². The number of thiazole rings is 1. The van der Waals surface area contributed by atoms with Crippen LogP contribution in [0, 0.1) is 5.82 Å². The van der Waals surface area contributed by atoms with E-state index in [4.69, 9.17) is 0 Å². The summed E-state index contributed by atoms with van der Waals surface area (Å²) in [5.41, 5.74) is 0.984. The highest BCUT2D eigenvalue weighted by Crippen LogP contribution is 2.23. The van der Waals surface area contributed by atoms with E-state index in [0.29, 0.717) is 28.6 Å². The minimum absolute atomic E-state index is 0.243. The number of benzene rings is 1. The van der Waals surface area contributed by atoms with Crippen LogP contribution in [-0.2, 0) is 6.42 Å². The summed E-state index contributed by atoms with van der Waals surface area (Å²) in [6, 6.07) is 6.65. The van der Waals surface area contributed by atoms with E-state index in [9.17, 15) is 9.18 Å². The first-order valence-electron chi connectivity index (χ1n) is 9.25. The topological polar surface area (TPSA) is 71.0 Å². The summed E-state index contributed by atoms with van der Waals surface area (Å²) < 4.78 is 13.8. The van der Waals surface area contributed by atoms with Crippen LogP contribution in [0.4, 0.5) is 15.5 Å². The molecule has 1 aromatic carbocycles. The van der Waals surface area contributed by atoms with Crippen molar-refractivity contribution in [3.8, 4) is 0 Å². The molecule has 0 radical (unpaired) electrons. The van der Waals surface area contributed by atoms with Crippen molar-refractivity contribution in [2.75, 3.05) is 23.3 Å². The van der Waals surface area contributed by atoms with Crippen LogP contribution < -0.4 is 10.2 Å². The van der Waals surface area contributed by atoms with Gasteiger partial charge in [-0.15, -0.1) is 11.3 Å². The van der Waals surface area contributed by atoms with Gasteiger partial charge in [0, 0.05) is 43.0 Å². The average Bonchev–Trinajstić information content (AvgIpc) is 3.17. The molecule has 1 amide bonds. The Morgan fingerprint density at radius 3 is 2.57 bits per heavy atom. The molecule has 1 aliphatic rings. The number of piperidine rings is 1. The molecule has 28 heavy (non-hydrogen) atoms. The van der Waals surface area contributed by atoms with Crippen molar-refractivity contribution in [1.29, 1.82) is 0 Å². The Kier molecular flexibility index (Phi) is 5.57. The van der Waals surface area contributed by atoms with E-state index in [-0.39, 0.29) is 11.7 Å². The van der Waals surface area contributed by atoms with Gasteiger partial charge in [0.2, 0.25) is 5.95 Å². The Hall–Kier alpha value is -2.87. The van der Waals surface area contributed by atoms with E-state index in [1.165, 1.54) is 23.8 Å². The molecule has 8 heteroatoms. The van der Waals surface area contributed by atoms with Crippen LogP contribution in [0.25, 0.3) is 0 Å². The molecular formula is C20H20FN5OS. The number of anilines is 2. The van der Waals surface area contributed by atoms with Crippen molar-refractivity contribution >= 4 is 28.3 Å². The zero-order valence-corrected chi connectivity index (χ0v) is 16.1. The molecule has 0 unspecified atom stereocenters. The molecule has 4 rings (SSSR count). The summed E-state index contributed by atoms with van der Waals surface area (Å²) in [6.45, 7) is 1.91. The molecule has 6 nitrogen and oxygen atoms in total. The zero-order chi connectivity index (χ0) is 19.3. The van der Waals surface area contributed by atoms with Gasteiger partial charge in [-0.25, -0.2) is 19.3 Å². The predicted molar refractivity (Wildman–Crippen MR) is 107 cm³/mol. The van der Waals surface area contributed by atoms with Crippen LogP contribution in [0.1, 0.15) is 40.1 Å². The van der Waals surface area contributed by atoms with Crippen molar-refractivity contribution in [1.82, 2.24) is 15.0 Å². The second kappa shape index (κ2) is 8.43. The normalized spacial score (nSPS) is 14.1. The van der Waals surface area contributed by atoms with Gasteiger partial charge in [-0.05, 0) is 30.9 Å². The fraction of sp³-hybridized carbons (Fsp3) is 0.300. The second-order valence-corrected chi connectivity index (χ2v) is 7.79. The summed E-state index contributed by atoms with van der Waals surface area (Å²) in [7, 11) is 0. The van der Waals surface area contributed by atoms with E-state index in [1.54, 1.807) is 36.8 Å². The largest absolute Gasteiger partial charge is 0.341 e. The Balaban J connectivity index is 1.38. The monoisotopic (exact) mass is 397 g/mol. The maximum absolute atomic E-state index is 13.8. The van der Waals surface area contributed by atoms with Crippen LogP contribution in [0.3, 0.4) is 0 Å². The highest BCUT2D eigenvalue weighted by Gasteiger charge is 2.15. The molecule has 0 aliphatic carbocycles. The second-order valence-electron chi connectivity index (χ2n) is 6.67. The number of nitrogens with one attached hydrogen (secondary N) is 1. The lowest BCUT2D eigenvalue weighted by Crippen LogP contribution is -2.31. The first-order chi connectivity index (χ1) is 13.7. The minimum atomic E-state index is -0.308. The number of carbonyl (C=O) groups is 1. The molecule has 1 fully saturated rings. The number of halogens is 1. The third kappa shape index (κ3) is 4.33. The predicted octanol–water partition coefficient (Wildman–Crippen LogP) is 3.91. The number of aromatic nitrogens is 3. The van der Waals surface area contributed by atoms with Gasteiger partial charge < -0.3 is 4.90 Å². The van der Waals surface area contributed by atoms with Gasteiger partial charge in [-0.3, -0.25) is 10.1 Å². The number of carbonyl (C=O) groups excluding carboxylic acids is 1. The van der Waals surface area contributed by atoms with Gasteiger partial charge in [0.15, 0.2) is 5.13 Å². The van der Waals surface area contributed by atoms with Gasteiger partial charge in [0.25, 0.3) is 5.91 Å². The highest BCUT2D eigenvalue weighted by atomic mass is 32.1. The van der Waals surface area contributed by atoms with Crippen molar-refractivity contribution in [2.24, 2.45) is 0 Å². The van der Waals surface area contributed by atoms with E-state index in [1.807, 2.05) is 0 Å². The average molecular weight is 397 g/mol.